The third-order valence-corrected chi connectivity index (χ3v) is 5.75. The van der Waals surface area contributed by atoms with Gasteiger partial charge in [-0.25, -0.2) is 0 Å². The first-order valence-corrected chi connectivity index (χ1v) is 9.80. The van der Waals surface area contributed by atoms with Gasteiger partial charge in [-0.05, 0) is 31.0 Å². The zero-order chi connectivity index (χ0) is 17.6. The zero-order valence-corrected chi connectivity index (χ0v) is 15.7. The van der Waals surface area contributed by atoms with Gasteiger partial charge in [0, 0.05) is 11.3 Å². The molecular formula is C19H19N3OS2. The smallest absolute Gasteiger partial charge is 0.210 e. The molecule has 0 aliphatic heterocycles. The summed E-state index contributed by atoms with van der Waals surface area (Å²) in [5.74, 6) is 0.102. The summed E-state index contributed by atoms with van der Waals surface area (Å²) in [5.41, 5.74) is 3.01. The van der Waals surface area contributed by atoms with Crippen LogP contribution in [0.3, 0.4) is 0 Å². The minimum absolute atomic E-state index is 0.102. The number of ketones is 1. The Kier molecular flexibility index (Phi) is 5.83. The fourth-order valence-corrected chi connectivity index (χ4v) is 4.29. The number of benzene rings is 2. The molecule has 1 heterocycles. The first-order valence-electron chi connectivity index (χ1n) is 8.11. The number of thioether (sulfide) groups is 1. The van der Waals surface area contributed by atoms with E-state index in [1.165, 1.54) is 28.7 Å². The van der Waals surface area contributed by atoms with Crippen molar-refractivity contribution in [1.29, 1.82) is 0 Å². The minimum atomic E-state index is -0.202. The second-order valence-corrected chi connectivity index (χ2v) is 8.10. The molecule has 2 aromatic carbocycles. The molecule has 0 amide bonds. The van der Waals surface area contributed by atoms with Crippen LogP contribution in [0.5, 0.6) is 0 Å². The summed E-state index contributed by atoms with van der Waals surface area (Å²) < 4.78 is 0.782. The molecule has 0 saturated heterocycles. The van der Waals surface area contributed by atoms with Gasteiger partial charge in [-0.3, -0.25) is 4.79 Å². The van der Waals surface area contributed by atoms with Crippen LogP contribution in [0, 0.1) is 0 Å². The van der Waals surface area contributed by atoms with Crippen molar-refractivity contribution in [1.82, 2.24) is 10.2 Å². The van der Waals surface area contributed by atoms with E-state index in [-0.39, 0.29) is 11.0 Å². The van der Waals surface area contributed by atoms with E-state index in [0.29, 0.717) is 0 Å². The van der Waals surface area contributed by atoms with Crippen LogP contribution in [0.2, 0.25) is 0 Å². The molecule has 0 fully saturated rings. The summed E-state index contributed by atoms with van der Waals surface area (Å²) in [4.78, 5) is 12.4. The lowest BCUT2D eigenvalue weighted by Crippen LogP contribution is -2.13. The van der Waals surface area contributed by atoms with Crippen LogP contribution in [0.15, 0.2) is 58.9 Å². The maximum atomic E-state index is 12.4. The monoisotopic (exact) mass is 369 g/mol. The number of aryl methyl sites for hydroxylation is 1. The van der Waals surface area contributed by atoms with Gasteiger partial charge in [0.2, 0.25) is 5.13 Å². The predicted octanol–water partition coefficient (Wildman–Crippen LogP) is 5.21. The van der Waals surface area contributed by atoms with Crippen molar-refractivity contribution in [3.8, 4) is 0 Å². The maximum absolute atomic E-state index is 12.4. The summed E-state index contributed by atoms with van der Waals surface area (Å²) in [6.07, 6.45) is 1.02. The molecule has 0 radical (unpaired) electrons. The van der Waals surface area contributed by atoms with E-state index in [9.17, 15) is 4.79 Å². The van der Waals surface area contributed by atoms with Crippen molar-refractivity contribution in [3.05, 3.63) is 65.7 Å². The van der Waals surface area contributed by atoms with Gasteiger partial charge in [0.25, 0.3) is 0 Å². The molecule has 1 atom stereocenters. The molecule has 0 aliphatic carbocycles. The lowest BCUT2D eigenvalue weighted by Gasteiger charge is -2.07. The first-order chi connectivity index (χ1) is 12.2. The molecule has 1 aromatic heterocycles. The molecule has 25 heavy (non-hydrogen) atoms. The van der Waals surface area contributed by atoms with Gasteiger partial charge in [-0.15, -0.1) is 10.2 Å². The summed E-state index contributed by atoms with van der Waals surface area (Å²) >= 11 is 2.90. The quantitative estimate of drug-likeness (QED) is 0.458. The highest BCUT2D eigenvalue weighted by atomic mass is 32.2. The van der Waals surface area contributed by atoms with E-state index in [4.69, 9.17) is 0 Å². The molecule has 0 aliphatic rings. The number of carbonyl (C=O) groups excluding carboxylic acids is 1. The van der Waals surface area contributed by atoms with Crippen molar-refractivity contribution in [3.63, 3.8) is 0 Å². The molecular weight excluding hydrogens is 350 g/mol. The minimum Gasteiger partial charge on any atom is -0.330 e. The highest BCUT2D eigenvalue weighted by Crippen LogP contribution is 2.31. The van der Waals surface area contributed by atoms with Crippen LogP contribution in [-0.2, 0) is 6.42 Å². The van der Waals surface area contributed by atoms with Crippen molar-refractivity contribution in [2.75, 3.05) is 5.32 Å². The Labute approximate surface area is 155 Å². The van der Waals surface area contributed by atoms with Crippen molar-refractivity contribution in [2.45, 2.75) is 29.9 Å². The van der Waals surface area contributed by atoms with E-state index in [0.717, 1.165) is 27.1 Å². The fourth-order valence-electron chi connectivity index (χ4n) is 2.30. The summed E-state index contributed by atoms with van der Waals surface area (Å²) in [5, 5.41) is 12.1. The molecule has 3 aromatic rings. The van der Waals surface area contributed by atoms with Crippen LogP contribution in [0.25, 0.3) is 0 Å². The highest BCUT2D eigenvalue weighted by molar-refractivity contribution is 8.02. The van der Waals surface area contributed by atoms with Crippen molar-refractivity contribution < 1.29 is 4.79 Å². The number of hydrogen-bond donors (Lipinski definition) is 1. The Hall–Kier alpha value is -2.18. The number of aromatic nitrogens is 2. The van der Waals surface area contributed by atoms with Crippen molar-refractivity contribution in [2.24, 2.45) is 0 Å². The highest BCUT2D eigenvalue weighted by Gasteiger charge is 2.18. The third-order valence-electron chi connectivity index (χ3n) is 3.73. The first kappa shape index (κ1) is 17.6. The van der Waals surface area contributed by atoms with Gasteiger partial charge in [0.05, 0.1) is 5.25 Å². The van der Waals surface area contributed by atoms with Gasteiger partial charge in [-0.1, -0.05) is 72.5 Å². The summed E-state index contributed by atoms with van der Waals surface area (Å²) in [6, 6.07) is 17.6. The van der Waals surface area contributed by atoms with Crippen LogP contribution in [-0.4, -0.2) is 21.2 Å². The Morgan fingerprint density at radius 2 is 1.84 bits per heavy atom. The predicted molar refractivity (Wildman–Crippen MR) is 105 cm³/mol. The zero-order valence-electron chi connectivity index (χ0n) is 14.1. The summed E-state index contributed by atoms with van der Waals surface area (Å²) in [7, 11) is 0. The van der Waals surface area contributed by atoms with Gasteiger partial charge in [-0.2, -0.15) is 0 Å². The number of nitrogens with one attached hydrogen (secondary N) is 1. The Balaban J connectivity index is 1.62. The van der Waals surface area contributed by atoms with Crippen molar-refractivity contribution >= 4 is 39.7 Å². The molecule has 0 bridgehead atoms. The molecule has 1 N–H and O–H groups in total. The maximum Gasteiger partial charge on any atom is 0.210 e. The Morgan fingerprint density at radius 3 is 2.52 bits per heavy atom. The van der Waals surface area contributed by atoms with Crippen LogP contribution in [0.1, 0.15) is 29.8 Å². The van der Waals surface area contributed by atoms with Gasteiger partial charge < -0.3 is 5.32 Å². The second kappa shape index (κ2) is 8.27. The number of nitrogens with zero attached hydrogens (tertiary/aromatic N) is 2. The molecule has 4 nitrogen and oxygen atoms in total. The standard InChI is InChI=1S/C19H19N3OS2/c1-3-14-9-11-16(12-10-14)20-18-21-22-19(25-18)24-13(2)17(23)15-7-5-4-6-8-15/h4-13H,3H2,1-2H3,(H,20,21)/t13-/m0/s1. The van der Waals surface area contributed by atoms with Gasteiger partial charge >= 0.3 is 0 Å². The van der Waals surface area contributed by atoms with E-state index in [1.807, 2.05) is 49.4 Å². The Bertz CT molecular complexity index is 831. The summed E-state index contributed by atoms with van der Waals surface area (Å²) in [6.45, 7) is 4.03. The fraction of sp³-hybridized carbons (Fsp3) is 0.211. The topological polar surface area (TPSA) is 54.9 Å². The van der Waals surface area contributed by atoms with E-state index < -0.39 is 0 Å². The molecule has 0 spiro atoms. The normalized spacial score (nSPS) is 11.9. The average molecular weight is 370 g/mol. The van der Waals surface area contributed by atoms with Gasteiger partial charge in [0.15, 0.2) is 10.1 Å². The molecule has 6 heteroatoms. The lowest BCUT2D eigenvalue weighted by atomic mass is 10.1. The Morgan fingerprint density at radius 1 is 1.12 bits per heavy atom. The average Bonchev–Trinajstić information content (AvgIpc) is 3.09. The molecule has 0 unspecified atom stereocenters. The van der Waals surface area contributed by atoms with E-state index in [2.05, 4.69) is 34.6 Å². The van der Waals surface area contributed by atoms with Crippen LogP contribution >= 0.6 is 23.1 Å². The lowest BCUT2D eigenvalue weighted by molar-refractivity contribution is 0.0994. The number of rotatable bonds is 7. The van der Waals surface area contributed by atoms with E-state index >= 15 is 0 Å². The van der Waals surface area contributed by atoms with Gasteiger partial charge in [0.1, 0.15) is 0 Å². The second-order valence-electron chi connectivity index (χ2n) is 5.54. The number of carbonyl (C=O) groups is 1. The largest absolute Gasteiger partial charge is 0.330 e. The van der Waals surface area contributed by atoms with Crippen LogP contribution in [0.4, 0.5) is 10.8 Å². The van der Waals surface area contributed by atoms with Crippen LogP contribution < -0.4 is 5.32 Å². The SMILES string of the molecule is CCc1ccc(Nc2nnc(S[C@@H](C)C(=O)c3ccccc3)s2)cc1. The number of hydrogen-bond acceptors (Lipinski definition) is 6. The number of anilines is 2. The molecule has 128 valence electrons. The molecule has 0 saturated carbocycles. The third kappa shape index (κ3) is 4.67. The van der Waals surface area contributed by atoms with E-state index in [1.54, 1.807) is 0 Å². The number of Topliss-reactive ketones (excluding diaryl/α,β-unsaturated/α-hetero) is 1. The molecule has 3 rings (SSSR count).